The standard InChI is InChI=1S/C17H26ClN/c1-13-9-10-15(11-17(13)18)12-19-14(2)16-7-5-3-4-6-8-16/h9-11,14,16,19H,3-8,12H2,1-2H3/t14-/m1/s1. The summed E-state index contributed by atoms with van der Waals surface area (Å²) < 4.78 is 0. The van der Waals surface area contributed by atoms with Gasteiger partial charge in [-0.3, -0.25) is 0 Å². The van der Waals surface area contributed by atoms with Crippen LogP contribution in [0, 0.1) is 12.8 Å². The topological polar surface area (TPSA) is 12.0 Å². The molecule has 1 atom stereocenters. The first-order valence-corrected chi connectivity index (χ1v) is 8.03. The van der Waals surface area contributed by atoms with Crippen LogP contribution in [0.4, 0.5) is 0 Å². The Morgan fingerprint density at radius 3 is 2.53 bits per heavy atom. The Bertz CT molecular complexity index is 394. The van der Waals surface area contributed by atoms with Gasteiger partial charge < -0.3 is 5.32 Å². The zero-order chi connectivity index (χ0) is 13.7. The van der Waals surface area contributed by atoms with Gasteiger partial charge in [0.15, 0.2) is 0 Å². The van der Waals surface area contributed by atoms with Gasteiger partial charge in [0, 0.05) is 17.6 Å². The first-order chi connectivity index (χ1) is 9.16. The van der Waals surface area contributed by atoms with Gasteiger partial charge in [0.1, 0.15) is 0 Å². The fourth-order valence-corrected chi connectivity index (χ4v) is 3.21. The zero-order valence-corrected chi connectivity index (χ0v) is 13.0. The summed E-state index contributed by atoms with van der Waals surface area (Å²) in [6, 6.07) is 6.98. The van der Waals surface area contributed by atoms with Gasteiger partial charge in [-0.1, -0.05) is 49.4 Å². The highest BCUT2D eigenvalue weighted by Crippen LogP contribution is 2.25. The molecule has 2 rings (SSSR count). The SMILES string of the molecule is Cc1ccc(CN[C@H](C)C2CCCCCC2)cc1Cl. The lowest BCUT2D eigenvalue weighted by molar-refractivity contribution is 0.336. The Morgan fingerprint density at radius 1 is 1.21 bits per heavy atom. The molecular formula is C17H26ClN. The van der Waals surface area contributed by atoms with Gasteiger partial charge in [-0.05, 0) is 49.8 Å². The molecule has 0 amide bonds. The number of aryl methyl sites for hydroxylation is 1. The molecule has 0 aromatic heterocycles. The Morgan fingerprint density at radius 2 is 1.89 bits per heavy atom. The molecule has 1 aliphatic carbocycles. The van der Waals surface area contributed by atoms with E-state index < -0.39 is 0 Å². The maximum atomic E-state index is 6.17. The van der Waals surface area contributed by atoms with E-state index in [0.717, 1.165) is 23.0 Å². The van der Waals surface area contributed by atoms with Crippen LogP contribution in [0.3, 0.4) is 0 Å². The van der Waals surface area contributed by atoms with Crippen molar-refractivity contribution in [2.45, 2.75) is 65.0 Å². The van der Waals surface area contributed by atoms with E-state index in [1.54, 1.807) is 0 Å². The van der Waals surface area contributed by atoms with Crippen LogP contribution < -0.4 is 5.32 Å². The maximum absolute atomic E-state index is 6.17. The van der Waals surface area contributed by atoms with E-state index in [1.165, 1.54) is 44.1 Å². The van der Waals surface area contributed by atoms with Gasteiger partial charge in [0.05, 0.1) is 0 Å². The Balaban J connectivity index is 1.84. The number of rotatable bonds is 4. The fraction of sp³-hybridized carbons (Fsp3) is 0.647. The summed E-state index contributed by atoms with van der Waals surface area (Å²) >= 11 is 6.17. The van der Waals surface area contributed by atoms with Crippen molar-refractivity contribution in [1.29, 1.82) is 0 Å². The third kappa shape index (κ3) is 4.50. The van der Waals surface area contributed by atoms with E-state index >= 15 is 0 Å². The molecule has 0 unspecified atom stereocenters. The third-order valence-electron chi connectivity index (χ3n) is 4.47. The van der Waals surface area contributed by atoms with Crippen LogP contribution in [0.25, 0.3) is 0 Å². The molecule has 106 valence electrons. The molecule has 1 aromatic rings. The van der Waals surface area contributed by atoms with Crippen LogP contribution >= 0.6 is 11.6 Å². The number of hydrogen-bond acceptors (Lipinski definition) is 1. The lowest BCUT2D eigenvalue weighted by atomic mass is 9.93. The van der Waals surface area contributed by atoms with Crippen molar-refractivity contribution in [3.63, 3.8) is 0 Å². The first-order valence-electron chi connectivity index (χ1n) is 7.65. The highest BCUT2D eigenvalue weighted by molar-refractivity contribution is 6.31. The van der Waals surface area contributed by atoms with E-state index in [9.17, 15) is 0 Å². The minimum atomic E-state index is 0.609. The molecule has 19 heavy (non-hydrogen) atoms. The molecule has 1 fully saturated rings. The molecule has 1 nitrogen and oxygen atoms in total. The van der Waals surface area contributed by atoms with E-state index in [-0.39, 0.29) is 0 Å². The van der Waals surface area contributed by atoms with E-state index in [2.05, 4.69) is 30.4 Å². The maximum Gasteiger partial charge on any atom is 0.0438 e. The molecule has 1 saturated carbocycles. The first kappa shape index (κ1) is 14.9. The molecule has 1 N–H and O–H groups in total. The van der Waals surface area contributed by atoms with Crippen molar-refractivity contribution < 1.29 is 0 Å². The van der Waals surface area contributed by atoms with Crippen molar-refractivity contribution >= 4 is 11.6 Å². The van der Waals surface area contributed by atoms with Crippen molar-refractivity contribution in [2.75, 3.05) is 0 Å². The minimum Gasteiger partial charge on any atom is -0.310 e. The molecule has 0 aliphatic heterocycles. The second-order valence-corrected chi connectivity index (χ2v) is 6.41. The number of halogens is 1. The van der Waals surface area contributed by atoms with Crippen molar-refractivity contribution in [3.8, 4) is 0 Å². The molecule has 2 heteroatoms. The van der Waals surface area contributed by atoms with E-state index in [1.807, 2.05) is 6.92 Å². The smallest absolute Gasteiger partial charge is 0.0438 e. The predicted octanol–water partition coefficient (Wildman–Crippen LogP) is 5.10. The Labute approximate surface area is 122 Å². The highest BCUT2D eigenvalue weighted by atomic mass is 35.5. The molecule has 0 bridgehead atoms. The minimum absolute atomic E-state index is 0.609. The van der Waals surface area contributed by atoms with Gasteiger partial charge in [-0.25, -0.2) is 0 Å². The number of nitrogens with one attached hydrogen (secondary N) is 1. The quantitative estimate of drug-likeness (QED) is 0.757. The average molecular weight is 280 g/mol. The predicted molar refractivity (Wildman–Crippen MR) is 83.7 cm³/mol. The van der Waals surface area contributed by atoms with Gasteiger partial charge in [0.2, 0.25) is 0 Å². The van der Waals surface area contributed by atoms with Crippen LogP contribution in [0.2, 0.25) is 5.02 Å². The molecule has 1 aromatic carbocycles. The molecule has 0 radical (unpaired) electrons. The highest BCUT2D eigenvalue weighted by Gasteiger charge is 2.18. The van der Waals surface area contributed by atoms with Gasteiger partial charge >= 0.3 is 0 Å². The van der Waals surface area contributed by atoms with Crippen LogP contribution in [-0.4, -0.2) is 6.04 Å². The van der Waals surface area contributed by atoms with E-state index in [0.29, 0.717) is 6.04 Å². The monoisotopic (exact) mass is 279 g/mol. The van der Waals surface area contributed by atoms with Crippen LogP contribution in [0.1, 0.15) is 56.6 Å². The third-order valence-corrected chi connectivity index (χ3v) is 4.88. The number of hydrogen-bond donors (Lipinski definition) is 1. The van der Waals surface area contributed by atoms with Crippen LogP contribution in [0.5, 0.6) is 0 Å². The fourth-order valence-electron chi connectivity index (χ4n) is 3.00. The van der Waals surface area contributed by atoms with Gasteiger partial charge in [-0.2, -0.15) is 0 Å². The summed E-state index contributed by atoms with van der Waals surface area (Å²) in [5, 5.41) is 4.56. The van der Waals surface area contributed by atoms with Crippen molar-refractivity contribution in [3.05, 3.63) is 34.3 Å². The summed E-state index contributed by atoms with van der Waals surface area (Å²) in [7, 11) is 0. The van der Waals surface area contributed by atoms with Crippen molar-refractivity contribution in [2.24, 2.45) is 5.92 Å². The second-order valence-electron chi connectivity index (χ2n) is 6.00. The van der Waals surface area contributed by atoms with E-state index in [4.69, 9.17) is 11.6 Å². The molecule has 1 aliphatic rings. The van der Waals surface area contributed by atoms with Gasteiger partial charge in [0.25, 0.3) is 0 Å². The molecular weight excluding hydrogens is 254 g/mol. The number of benzene rings is 1. The molecule has 0 spiro atoms. The lowest BCUT2D eigenvalue weighted by Crippen LogP contribution is -2.32. The largest absolute Gasteiger partial charge is 0.310 e. The molecule has 0 heterocycles. The Kier molecular flexibility index (Phi) is 5.72. The zero-order valence-electron chi connectivity index (χ0n) is 12.2. The summed E-state index contributed by atoms with van der Waals surface area (Å²) in [5.74, 6) is 0.850. The Hall–Kier alpha value is -0.530. The lowest BCUT2D eigenvalue weighted by Gasteiger charge is -2.23. The summed E-state index contributed by atoms with van der Waals surface area (Å²) in [6.07, 6.45) is 8.46. The summed E-state index contributed by atoms with van der Waals surface area (Å²) in [4.78, 5) is 0. The van der Waals surface area contributed by atoms with Crippen molar-refractivity contribution in [1.82, 2.24) is 5.32 Å². The summed E-state index contributed by atoms with van der Waals surface area (Å²) in [6.45, 7) is 5.32. The molecule has 0 saturated heterocycles. The average Bonchev–Trinajstić information content (AvgIpc) is 2.69. The van der Waals surface area contributed by atoms with Gasteiger partial charge in [-0.15, -0.1) is 0 Å². The normalized spacial score (nSPS) is 19.1. The van der Waals surface area contributed by atoms with Crippen LogP contribution in [-0.2, 0) is 6.54 Å². The second kappa shape index (κ2) is 7.31. The van der Waals surface area contributed by atoms with Crippen LogP contribution in [0.15, 0.2) is 18.2 Å². The summed E-state index contributed by atoms with van der Waals surface area (Å²) in [5.41, 5.74) is 2.44.